The third kappa shape index (κ3) is 3.51. The Bertz CT molecular complexity index is 623. The van der Waals surface area contributed by atoms with Crippen molar-refractivity contribution in [3.05, 3.63) is 53.6 Å². The Morgan fingerprint density at radius 3 is 2.70 bits per heavy atom. The molecule has 0 aliphatic heterocycles. The quantitative estimate of drug-likeness (QED) is 0.898. The van der Waals surface area contributed by atoms with Crippen LogP contribution in [0.25, 0.3) is 0 Å². The Morgan fingerprint density at radius 1 is 1.20 bits per heavy atom. The number of phenols is 1. The largest absolute Gasteiger partial charge is 0.508 e. The van der Waals surface area contributed by atoms with E-state index in [0.717, 1.165) is 11.1 Å². The standard InChI is InChI=1S/C16H17NO3/c1-11-5-3-8-15(12(11)2)20-10-16(19)17-13-6-4-7-14(18)9-13/h3-9,18H,10H2,1-2H3,(H,17,19). The van der Waals surface area contributed by atoms with Crippen LogP contribution in [0.2, 0.25) is 0 Å². The van der Waals surface area contributed by atoms with Crippen molar-refractivity contribution < 1.29 is 14.6 Å². The molecule has 0 unspecified atom stereocenters. The van der Waals surface area contributed by atoms with Gasteiger partial charge in [-0.2, -0.15) is 0 Å². The minimum atomic E-state index is -0.267. The fraction of sp³-hybridized carbons (Fsp3) is 0.188. The van der Waals surface area contributed by atoms with E-state index < -0.39 is 0 Å². The van der Waals surface area contributed by atoms with Gasteiger partial charge >= 0.3 is 0 Å². The minimum absolute atomic E-state index is 0.0695. The topological polar surface area (TPSA) is 58.6 Å². The molecule has 0 saturated carbocycles. The number of aromatic hydroxyl groups is 1. The smallest absolute Gasteiger partial charge is 0.262 e. The molecule has 2 aromatic carbocycles. The van der Waals surface area contributed by atoms with E-state index in [-0.39, 0.29) is 18.3 Å². The van der Waals surface area contributed by atoms with E-state index in [1.54, 1.807) is 18.2 Å². The summed E-state index contributed by atoms with van der Waals surface area (Å²) in [5.41, 5.74) is 2.69. The highest BCUT2D eigenvalue weighted by atomic mass is 16.5. The van der Waals surface area contributed by atoms with Crippen LogP contribution in [0.15, 0.2) is 42.5 Å². The fourth-order valence-corrected chi connectivity index (χ4v) is 1.80. The highest BCUT2D eigenvalue weighted by molar-refractivity contribution is 5.92. The highest BCUT2D eigenvalue weighted by Crippen LogP contribution is 2.20. The number of phenolic OH excluding ortho intramolecular Hbond substituents is 1. The lowest BCUT2D eigenvalue weighted by Crippen LogP contribution is -2.20. The number of anilines is 1. The van der Waals surface area contributed by atoms with E-state index in [9.17, 15) is 9.90 Å². The lowest BCUT2D eigenvalue weighted by Gasteiger charge is -2.11. The van der Waals surface area contributed by atoms with Gasteiger partial charge in [-0.1, -0.05) is 18.2 Å². The van der Waals surface area contributed by atoms with Gasteiger partial charge in [-0.3, -0.25) is 4.79 Å². The van der Waals surface area contributed by atoms with Crippen molar-refractivity contribution >= 4 is 11.6 Å². The van der Waals surface area contributed by atoms with Gasteiger partial charge in [-0.25, -0.2) is 0 Å². The van der Waals surface area contributed by atoms with Crippen LogP contribution in [0.5, 0.6) is 11.5 Å². The summed E-state index contributed by atoms with van der Waals surface area (Å²) in [5, 5.41) is 12.0. The SMILES string of the molecule is Cc1cccc(OCC(=O)Nc2cccc(O)c2)c1C. The zero-order chi connectivity index (χ0) is 14.5. The number of carbonyl (C=O) groups is 1. The summed E-state index contributed by atoms with van der Waals surface area (Å²) in [6.45, 7) is 3.88. The lowest BCUT2D eigenvalue weighted by atomic mass is 10.1. The second kappa shape index (κ2) is 6.10. The van der Waals surface area contributed by atoms with Crippen LogP contribution in [-0.2, 0) is 4.79 Å². The first-order valence-corrected chi connectivity index (χ1v) is 6.34. The van der Waals surface area contributed by atoms with Gasteiger partial charge in [0.15, 0.2) is 6.61 Å². The third-order valence-corrected chi connectivity index (χ3v) is 3.04. The maximum Gasteiger partial charge on any atom is 0.262 e. The Labute approximate surface area is 118 Å². The monoisotopic (exact) mass is 271 g/mol. The average molecular weight is 271 g/mol. The van der Waals surface area contributed by atoms with Crippen molar-refractivity contribution in [2.24, 2.45) is 0 Å². The second-order valence-electron chi connectivity index (χ2n) is 4.59. The van der Waals surface area contributed by atoms with E-state index in [4.69, 9.17) is 4.74 Å². The zero-order valence-corrected chi connectivity index (χ0v) is 11.5. The molecule has 4 heteroatoms. The molecule has 0 bridgehead atoms. The number of benzene rings is 2. The van der Waals surface area contributed by atoms with Crippen LogP contribution >= 0.6 is 0 Å². The number of hydrogen-bond donors (Lipinski definition) is 2. The fourth-order valence-electron chi connectivity index (χ4n) is 1.80. The Kier molecular flexibility index (Phi) is 4.25. The maximum absolute atomic E-state index is 11.8. The van der Waals surface area contributed by atoms with Gasteiger partial charge in [0.05, 0.1) is 0 Å². The summed E-state index contributed by atoms with van der Waals surface area (Å²) in [7, 11) is 0. The van der Waals surface area contributed by atoms with Gasteiger partial charge in [0.1, 0.15) is 11.5 Å². The number of nitrogens with one attached hydrogen (secondary N) is 1. The van der Waals surface area contributed by atoms with Crippen molar-refractivity contribution in [1.82, 2.24) is 0 Å². The van der Waals surface area contributed by atoms with Crippen LogP contribution in [0.1, 0.15) is 11.1 Å². The molecule has 104 valence electrons. The Morgan fingerprint density at radius 2 is 1.95 bits per heavy atom. The van der Waals surface area contributed by atoms with Gasteiger partial charge in [0, 0.05) is 11.8 Å². The molecule has 2 aromatic rings. The molecule has 0 spiro atoms. The molecule has 0 aliphatic rings. The lowest BCUT2D eigenvalue weighted by molar-refractivity contribution is -0.118. The minimum Gasteiger partial charge on any atom is -0.508 e. The summed E-state index contributed by atoms with van der Waals surface area (Å²) >= 11 is 0. The van der Waals surface area contributed by atoms with Crippen LogP contribution in [0, 0.1) is 13.8 Å². The van der Waals surface area contributed by atoms with Crippen LogP contribution in [0.4, 0.5) is 5.69 Å². The van der Waals surface area contributed by atoms with Crippen molar-refractivity contribution in [2.75, 3.05) is 11.9 Å². The molecule has 1 amide bonds. The van der Waals surface area contributed by atoms with Crippen molar-refractivity contribution in [3.63, 3.8) is 0 Å². The van der Waals surface area contributed by atoms with E-state index in [1.165, 1.54) is 6.07 Å². The first-order valence-electron chi connectivity index (χ1n) is 6.34. The normalized spacial score (nSPS) is 10.1. The molecule has 0 atom stereocenters. The first-order chi connectivity index (χ1) is 9.56. The summed E-state index contributed by atoms with van der Waals surface area (Å²) in [4.78, 5) is 11.8. The maximum atomic E-state index is 11.8. The summed E-state index contributed by atoms with van der Waals surface area (Å²) in [6.07, 6.45) is 0. The molecule has 4 nitrogen and oxygen atoms in total. The summed E-state index contributed by atoms with van der Waals surface area (Å²) < 4.78 is 5.51. The van der Waals surface area contributed by atoms with E-state index >= 15 is 0 Å². The number of hydrogen-bond acceptors (Lipinski definition) is 3. The molecular weight excluding hydrogens is 254 g/mol. The van der Waals surface area contributed by atoms with Crippen molar-refractivity contribution in [3.8, 4) is 11.5 Å². The number of aryl methyl sites for hydroxylation is 1. The molecule has 0 heterocycles. The van der Waals surface area contributed by atoms with Crippen molar-refractivity contribution in [1.29, 1.82) is 0 Å². The average Bonchev–Trinajstić information content (AvgIpc) is 2.40. The number of amides is 1. The number of carbonyl (C=O) groups excluding carboxylic acids is 1. The summed E-state index contributed by atoms with van der Waals surface area (Å²) in [6, 6.07) is 12.1. The van der Waals surface area contributed by atoms with Crippen LogP contribution < -0.4 is 10.1 Å². The van der Waals surface area contributed by atoms with Gasteiger partial charge in [-0.05, 0) is 43.2 Å². The number of rotatable bonds is 4. The third-order valence-electron chi connectivity index (χ3n) is 3.04. The molecule has 0 radical (unpaired) electrons. The highest BCUT2D eigenvalue weighted by Gasteiger charge is 2.06. The molecule has 0 saturated heterocycles. The first kappa shape index (κ1) is 13.9. The molecule has 0 aliphatic carbocycles. The Balaban J connectivity index is 1.94. The molecular formula is C16H17NO3. The van der Waals surface area contributed by atoms with Gasteiger partial charge < -0.3 is 15.2 Å². The molecule has 0 aromatic heterocycles. The van der Waals surface area contributed by atoms with Crippen LogP contribution in [0.3, 0.4) is 0 Å². The Hall–Kier alpha value is -2.49. The summed E-state index contributed by atoms with van der Waals surface area (Å²) in [5.74, 6) is 0.547. The second-order valence-corrected chi connectivity index (χ2v) is 4.59. The predicted molar refractivity (Wildman–Crippen MR) is 78.1 cm³/mol. The van der Waals surface area contributed by atoms with E-state index in [1.807, 2.05) is 32.0 Å². The van der Waals surface area contributed by atoms with Gasteiger partial charge in [0.25, 0.3) is 5.91 Å². The predicted octanol–water partition coefficient (Wildman–Crippen LogP) is 3.03. The van der Waals surface area contributed by atoms with E-state index in [0.29, 0.717) is 11.4 Å². The van der Waals surface area contributed by atoms with Crippen molar-refractivity contribution in [2.45, 2.75) is 13.8 Å². The zero-order valence-electron chi connectivity index (χ0n) is 11.5. The molecule has 0 fully saturated rings. The van der Waals surface area contributed by atoms with Crippen LogP contribution in [-0.4, -0.2) is 17.6 Å². The molecule has 2 rings (SSSR count). The van der Waals surface area contributed by atoms with E-state index in [2.05, 4.69) is 5.32 Å². The van der Waals surface area contributed by atoms with Gasteiger partial charge in [0.2, 0.25) is 0 Å². The molecule has 2 N–H and O–H groups in total. The molecule has 20 heavy (non-hydrogen) atoms. The van der Waals surface area contributed by atoms with Gasteiger partial charge in [-0.15, -0.1) is 0 Å². The number of ether oxygens (including phenoxy) is 1.